The minimum Gasteiger partial charge on any atom is -0.368 e. The number of hydrogen-bond donors (Lipinski definition) is 3. The zero-order valence-corrected chi connectivity index (χ0v) is 11.5. The molecule has 1 heterocycles. The Bertz CT molecular complexity index is 715. The van der Waals surface area contributed by atoms with E-state index in [0.717, 1.165) is 3.97 Å². The van der Waals surface area contributed by atoms with Crippen molar-refractivity contribution in [2.24, 2.45) is 5.84 Å². The summed E-state index contributed by atoms with van der Waals surface area (Å²) >= 11 is 0. The molecule has 1 aromatic heterocycles. The number of nitrogens with one attached hydrogen (secondary N) is 1. The van der Waals surface area contributed by atoms with Crippen molar-refractivity contribution in [2.75, 3.05) is 5.73 Å². The van der Waals surface area contributed by atoms with E-state index in [-0.39, 0.29) is 11.2 Å². The standard InChI is InChI=1S/C11H15N5O3S/c12-11-14-8-5-6(10(17)15-13)1-4-9(8)16(11)20(18,19)7-2-3-7/h5,7H,1-4,13H2,(H2,12,14)(H,15,17). The summed E-state index contributed by atoms with van der Waals surface area (Å²) < 4.78 is 25.8. The van der Waals surface area contributed by atoms with Gasteiger partial charge in [0, 0.05) is 5.57 Å². The third-order valence-electron chi connectivity index (χ3n) is 3.55. The number of carbonyl (C=O) groups is 1. The van der Waals surface area contributed by atoms with Crippen LogP contribution in [-0.4, -0.2) is 28.5 Å². The van der Waals surface area contributed by atoms with Crippen molar-refractivity contribution < 1.29 is 13.2 Å². The van der Waals surface area contributed by atoms with Gasteiger partial charge in [0.15, 0.2) is 0 Å². The molecule has 9 heteroatoms. The van der Waals surface area contributed by atoms with Crippen molar-refractivity contribution in [3.05, 3.63) is 17.0 Å². The highest BCUT2D eigenvalue weighted by molar-refractivity contribution is 7.91. The van der Waals surface area contributed by atoms with Crippen LogP contribution in [0.4, 0.5) is 5.95 Å². The van der Waals surface area contributed by atoms with E-state index in [9.17, 15) is 13.2 Å². The lowest BCUT2D eigenvalue weighted by molar-refractivity contribution is -0.117. The Labute approximate surface area is 115 Å². The van der Waals surface area contributed by atoms with Gasteiger partial charge in [-0.2, -0.15) is 0 Å². The number of aromatic nitrogens is 2. The third-order valence-corrected chi connectivity index (χ3v) is 5.78. The molecule has 2 aliphatic rings. The van der Waals surface area contributed by atoms with Crippen molar-refractivity contribution in [2.45, 2.75) is 30.9 Å². The molecule has 1 fully saturated rings. The first-order valence-corrected chi connectivity index (χ1v) is 7.78. The second-order valence-corrected chi connectivity index (χ2v) is 7.02. The van der Waals surface area contributed by atoms with Gasteiger partial charge in [0.1, 0.15) is 0 Å². The number of hydrazine groups is 1. The minimum atomic E-state index is -3.46. The van der Waals surface area contributed by atoms with Crippen LogP contribution >= 0.6 is 0 Å². The number of rotatable bonds is 3. The maximum atomic E-state index is 12.3. The number of nitrogen functional groups attached to an aromatic ring is 1. The SMILES string of the molecule is NNC(=O)C1=Cc2nc(N)n(S(=O)(=O)C3CC3)c2CC1. The predicted octanol–water partition coefficient (Wildman–Crippen LogP) is -0.875. The first-order valence-electron chi connectivity index (χ1n) is 6.28. The number of anilines is 1. The summed E-state index contributed by atoms with van der Waals surface area (Å²) in [5.41, 5.74) is 9.24. The number of imidazole rings is 1. The normalized spacial score (nSPS) is 18.4. The molecule has 0 saturated heterocycles. The minimum absolute atomic E-state index is 0.0486. The van der Waals surface area contributed by atoms with Crippen LogP contribution < -0.4 is 17.0 Å². The molecule has 8 nitrogen and oxygen atoms in total. The number of amides is 1. The molecule has 2 aliphatic carbocycles. The second-order valence-electron chi connectivity index (χ2n) is 4.95. The summed E-state index contributed by atoms with van der Waals surface area (Å²) in [5, 5.41) is -0.360. The topological polar surface area (TPSA) is 133 Å². The number of nitrogens with zero attached hydrogens (tertiary/aromatic N) is 2. The van der Waals surface area contributed by atoms with Crippen LogP contribution in [-0.2, 0) is 21.2 Å². The van der Waals surface area contributed by atoms with Crippen molar-refractivity contribution in [1.29, 1.82) is 0 Å². The number of nitrogens with two attached hydrogens (primary N) is 2. The van der Waals surface area contributed by atoms with Gasteiger partial charge in [-0.3, -0.25) is 10.2 Å². The first kappa shape index (κ1) is 13.1. The number of fused-ring (bicyclic) bond motifs is 1. The van der Waals surface area contributed by atoms with E-state index in [2.05, 4.69) is 10.4 Å². The van der Waals surface area contributed by atoms with Crippen molar-refractivity contribution >= 4 is 28.0 Å². The van der Waals surface area contributed by atoms with E-state index in [1.165, 1.54) is 6.08 Å². The van der Waals surface area contributed by atoms with Crippen LogP contribution in [0.15, 0.2) is 5.57 Å². The summed E-state index contributed by atoms with van der Waals surface area (Å²) in [6.07, 6.45) is 3.65. The molecule has 0 bridgehead atoms. The molecule has 0 aromatic carbocycles. The van der Waals surface area contributed by atoms with E-state index >= 15 is 0 Å². The highest BCUT2D eigenvalue weighted by Gasteiger charge is 2.40. The van der Waals surface area contributed by atoms with Gasteiger partial charge in [-0.05, 0) is 31.8 Å². The average Bonchev–Trinajstić information content (AvgIpc) is 3.20. The highest BCUT2D eigenvalue weighted by Crippen LogP contribution is 2.34. The van der Waals surface area contributed by atoms with Crippen LogP contribution in [0.25, 0.3) is 6.08 Å². The van der Waals surface area contributed by atoms with E-state index in [1.807, 2.05) is 0 Å². The molecule has 1 amide bonds. The lowest BCUT2D eigenvalue weighted by Gasteiger charge is -2.14. The fraction of sp³-hybridized carbons (Fsp3) is 0.455. The Balaban J connectivity index is 2.08. The molecule has 0 spiro atoms. The quantitative estimate of drug-likeness (QED) is 0.377. The maximum Gasteiger partial charge on any atom is 0.261 e. The van der Waals surface area contributed by atoms with Crippen LogP contribution in [0.3, 0.4) is 0 Å². The monoisotopic (exact) mass is 297 g/mol. The molecule has 0 unspecified atom stereocenters. The maximum absolute atomic E-state index is 12.3. The molecule has 5 N–H and O–H groups in total. The molecule has 20 heavy (non-hydrogen) atoms. The Morgan fingerprint density at radius 3 is 2.70 bits per heavy atom. The second kappa shape index (κ2) is 4.32. The van der Waals surface area contributed by atoms with E-state index in [0.29, 0.717) is 42.6 Å². The fourth-order valence-electron chi connectivity index (χ4n) is 2.38. The van der Waals surface area contributed by atoms with E-state index in [4.69, 9.17) is 11.6 Å². The average molecular weight is 297 g/mol. The van der Waals surface area contributed by atoms with Crippen molar-refractivity contribution in [1.82, 2.24) is 14.4 Å². The zero-order valence-electron chi connectivity index (χ0n) is 10.7. The fourth-order valence-corrected chi connectivity index (χ4v) is 4.21. The van der Waals surface area contributed by atoms with Gasteiger partial charge < -0.3 is 5.73 Å². The van der Waals surface area contributed by atoms with Gasteiger partial charge in [-0.15, -0.1) is 0 Å². The summed E-state index contributed by atoms with van der Waals surface area (Å²) in [6.45, 7) is 0. The molecule has 1 saturated carbocycles. The van der Waals surface area contributed by atoms with Crippen LogP contribution in [0, 0.1) is 0 Å². The third kappa shape index (κ3) is 1.90. The Kier molecular flexibility index (Phi) is 2.83. The first-order chi connectivity index (χ1) is 9.45. The Hall–Kier alpha value is -1.87. The van der Waals surface area contributed by atoms with Gasteiger partial charge in [-0.1, -0.05) is 0 Å². The number of hydrogen-bond acceptors (Lipinski definition) is 6. The van der Waals surface area contributed by atoms with Gasteiger partial charge in [-0.25, -0.2) is 23.2 Å². The van der Waals surface area contributed by atoms with Gasteiger partial charge >= 0.3 is 0 Å². The van der Waals surface area contributed by atoms with E-state index in [1.54, 1.807) is 0 Å². The molecule has 108 valence electrons. The lowest BCUT2D eigenvalue weighted by atomic mass is 10.00. The highest BCUT2D eigenvalue weighted by atomic mass is 32.2. The molecule has 0 radical (unpaired) electrons. The Morgan fingerprint density at radius 2 is 2.10 bits per heavy atom. The zero-order chi connectivity index (χ0) is 14.5. The van der Waals surface area contributed by atoms with E-state index < -0.39 is 15.9 Å². The lowest BCUT2D eigenvalue weighted by Crippen LogP contribution is -2.32. The molecular formula is C11H15N5O3S. The molecule has 0 aliphatic heterocycles. The summed E-state index contributed by atoms with van der Waals surface area (Å²) in [6, 6.07) is 0. The molecule has 3 rings (SSSR count). The summed E-state index contributed by atoms with van der Waals surface area (Å²) in [7, 11) is -3.46. The molecular weight excluding hydrogens is 282 g/mol. The van der Waals surface area contributed by atoms with Gasteiger partial charge in [0.25, 0.3) is 5.91 Å². The molecule has 1 aromatic rings. The number of carbonyl (C=O) groups excluding carboxylic acids is 1. The van der Waals surface area contributed by atoms with Crippen LogP contribution in [0.2, 0.25) is 0 Å². The smallest absolute Gasteiger partial charge is 0.261 e. The molecule has 0 atom stereocenters. The van der Waals surface area contributed by atoms with Gasteiger partial charge in [0.05, 0.1) is 16.6 Å². The van der Waals surface area contributed by atoms with Crippen LogP contribution in [0.1, 0.15) is 30.7 Å². The summed E-state index contributed by atoms with van der Waals surface area (Å²) in [4.78, 5) is 15.6. The summed E-state index contributed by atoms with van der Waals surface area (Å²) in [5.74, 6) is 4.65. The Morgan fingerprint density at radius 1 is 1.40 bits per heavy atom. The van der Waals surface area contributed by atoms with Gasteiger partial charge in [0.2, 0.25) is 16.0 Å². The largest absolute Gasteiger partial charge is 0.368 e. The van der Waals surface area contributed by atoms with Crippen LogP contribution in [0.5, 0.6) is 0 Å². The van der Waals surface area contributed by atoms with Crippen molar-refractivity contribution in [3.63, 3.8) is 0 Å². The predicted molar refractivity (Wildman–Crippen MR) is 72.6 cm³/mol. The van der Waals surface area contributed by atoms with Crippen molar-refractivity contribution in [3.8, 4) is 0 Å².